The summed E-state index contributed by atoms with van der Waals surface area (Å²) in [7, 11) is -3.06. The van der Waals surface area contributed by atoms with Gasteiger partial charge in [-0.2, -0.15) is 0 Å². The van der Waals surface area contributed by atoms with E-state index in [0.29, 0.717) is 6.54 Å². The van der Waals surface area contributed by atoms with Crippen LogP contribution in [0.5, 0.6) is 0 Å². The molecule has 0 aliphatic carbocycles. The minimum Gasteiger partial charge on any atom is -0.215 e. The van der Waals surface area contributed by atoms with E-state index in [1.807, 2.05) is 0 Å². The van der Waals surface area contributed by atoms with Crippen molar-refractivity contribution in [3.05, 3.63) is 29.3 Å². The molecule has 1 aromatic carbocycles. The normalized spacial score (nSPS) is 11.7. The van der Waals surface area contributed by atoms with Gasteiger partial charge in [-0.1, -0.05) is 17.7 Å². The highest BCUT2D eigenvalue weighted by atomic mass is 32.2. The molecule has 5 heteroatoms. The number of benzene rings is 1. The Balaban J connectivity index is 2.46. The first-order valence-electron chi connectivity index (χ1n) is 5.03. The minimum atomic E-state index is -3.06. The third-order valence-electron chi connectivity index (χ3n) is 2.07. The Kier molecular flexibility index (Phi) is 4.83. The van der Waals surface area contributed by atoms with E-state index in [9.17, 15) is 8.42 Å². The van der Waals surface area contributed by atoms with Gasteiger partial charge in [0.05, 0.1) is 6.26 Å². The number of hydrogen-bond donors (Lipinski definition) is 1. The average Bonchev–Trinajstić information content (AvgIpc) is 2.16. The van der Waals surface area contributed by atoms with Crippen LogP contribution < -0.4 is 4.72 Å². The van der Waals surface area contributed by atoms with E-state index in [1.165, 1.54) is 22.3 Å². The second-order valence-corrected chi connectivity index (χ2v) is 6.75. The van der Waals surface area contributed by atoms with Gasteiger partial charge in [0.2, 0.25) is 10.0 Å². The molecule has 90 valence electrons. The van der Waals surface area contributed by atoms with Crippen LogP contribution in [0.1, 0.15) is 11.1 Å². The first-order chi connectivity index (χ1) is 7.38. The van der Waals surface area contributed by atoms with Crippen molar-refractivity contribution >= 4 is 21.8 Å². The van der Waals surface area contributed by atoms with Gasteiger partial charge in [0, 0.05) is 17.2 Å². The average molecular weight is 259 g/mol. The Morgan fingerprint density at radius 1 is 1.31 bits per heavy atom. The van der Waals surface area contributed by atoms with Crippen LogP contribution in [0.15, 0.2) is 23.1 Å². The summed E-state index contributed by atoms with van der Waals surface area (Å²) in [6.07, 6.45) is 1.18. The zero-order valence-electron chi connectivity index (χ0n) is 9.78. The van der Waals surface area contributed by atoms with E-state index < -0.39 is 10.0 Å². The van der Waals surface area contributed by atoms with E-state index in [1.54, 1.807) is 11.8 Å². The lowest BCUT2D eigenvalue weighted by Crippen LogP contribution is -2.24. The predicted octanol–water partition coefficient (Wildman–Crippen LogP) is 1.94. The number of hydrogen-bond acceptors (Lipinski definition) is 3. The molecule has 0 bridgehead atoms. The van der Waals surface area contributed by atoms with E-state index in [0.717, 1.165) is 5.75 Å². The summed E-state index contributed by atoms with van der Waals surface area (Å²) in [5, 5.41) is 0. The minimum absolute atomic E-state index is 0.469. The molecule has 0 heterocycles. The Bertz CT molecular complexity index is 455. The van der Waals surface area contributed by atoms with Gasteiger partial charge in [-0.25, -0.2) is 13.1 Å². The molecule has 0 aliphatic heterocycles. The molecular weight excluding hydrogens is 242 g/mol. The lowest BCUT2D eigenvalue weighted by Gasteiger charge is -2.06. The highest BCUT2D eigenvalue weighted by Gasteiger charge is 2.02. The third-order valence-corrected chi connectivity index (χ3v) is 3.96. The van der Waals surface area contributed by atoms with Crippen LogP contribution in [0, 0.1) is 13.8 Å². The van der Waals surface area contributed by atoms with Crippen molar-refractivity contribution in [2.75, 3.05) is 18.6 Å². The van der Waals surface area contributed by atoms with Crippen molar-refractivity contribution in [1.29, 1.82) is 0 Å². The number of thioether (sulfide) groups is 1. The van der Waals surface area contributed by atoms with Crippen LogP contribution in [-0.4, -0.2) is 27.0 Å². The van der Waals surface area contributed by atoms with Crippen molar-refractivity contribution in [2.45, 2.75) is 18.7 Å². The molecular formula is C11H17NO2S2. The largest absolute Gasteiger partial charge is 0.215 e. The van der Waals surface area contributed by atoms with E-state index >= 15 is 0 Å². The molecule has 16 heavy (non-hydrogen) atoms. The van der Waals surface area contributed by atoms with E-state index in [4.69, 9.17) is 0 Å². The van der Waals surface area contributed by atoms with Crippen LogP contribution in [-0.2, 0) is 10.0 Å². The molecule has 1 rings (SSSR count). The molecule has 0 saturated heterocycles. The van der Waals surface area contributed by atoms with Crippen molar-refractivity contribution in [1.82, 2.24) is 4.72 Å². The lowest BCUT2D eigenvalue weighted by molar-refractivity contribution is 0.590. The third kappa shape index (κ3) is 5.01. The summed E-state index contributed by atoms with van der Waals surface area (Å²) in [5.74, 6) is 0.747. The maximum absolute atomic E-state index is 10.8. The summed E-state index contributed by atoms with van der Waals surface area (Å²) in [6.45, 7) is 4.58. The van der Waals surface area contributed by atoms with Crippen LogP contribution in [0.3, 0.4) is 0 Å². The summed E-state index contributed by atoms with van der Waals surface area (Å²) >= 11 is 1.67. The molecule has 0 aromatic heterocycles. The summed E-state index contributed by atoms with van der Waals surface area (Å²) in [4.78, 5) is 1.22. The number of nitrogens with one attached hydrogen (secondary N) is 1. The SMILES string of the molecule is Cc1ccc(C)c(SCCNS(C)(=O)=O)c1. The van der Waals surface area contributed by atoms with Gasteiger partial charge in [0.25, 0.3) is 0 Å². The molecule has 1 aromatic rings. The van der Waals surface area contributed by atoms with Crippen LogP contribution >= 0.6 is 11.8 Å². The molecule has 0 unspecified atom stereocenters. The maximum Gasteiger partial charge on any atom is 0.208 e. The molecule has 0 fully saturated rings. The van der Waals surface area contributed by atoms with Crippen LogP contribution in [0.25, 0.3) is 0 Å². The summed E-state index contributed by atoms with van der Waals surface area (Å²) in [6, 6.07) is 6.29. The van der Waals surface area contributed by atoms with Gasteiger partial charge in [0.1, 0.15) is 0 Å². The molecule has 0 spiro atoms. The zero-order chi connectivity index (χ0) is 12.2. The maximum atomic E-state index is 10.8. The first-order valence-corrected chi connectivity index (χ1v) is 7.91. The van der Waals surface area contributed by atoms with Crippen molar-refractivity contribution in [3.63, 3.8) is 0 Å². The topological polar surface area (TPSA) is 46.2 Å². The van der Waals surface area contributed by atoms with E-state index in [-0.39, 0.29) is 0 Å². The Labute approximate surface area is 102 Å². The van der Waals surface area contributed by atoms with Crippen molar-refractivity contribution in [2.24, 2.45) is 0 Å². The fourth-order valence-electron chi connectivity index (χ4n) is 1.25. The van der Waals surface area contributed by atoms with Crippen LogP contribution in [0.4, 0.5) is 0 Å². The zero-order valence-corrected chi connectivity index (χ0v) is 11.4. The molecule has 0 atom stereocenters. The highest BCUT2D eigenvalue weighted by Crippen LogP contribution is 2.22. The fraction of sp³-hybridized carbons (Fsp3) is 0.455. The molecule has 0 radical (unpaired) electrons. The molecule has 0 saturated carbocycles. The van der Waals surface area contributed by atoms with Crippen LogP contribution in [0.2, 0.25) is 0 Å². The van der Waals surface area contributed by atoms with Gasteiger partial charge >= 0.3 is 0 Å². The number of aryl methyl sites for hydroxylation is 2. The highest BCUT2D eigenvalue weighted by molar-refractivity contribution is 7.99. The monoisotopic (exact) mass is 259 g/mol. The summed E-state index contributed by atoms with van der Waals surface area (Å²) in [5.41, 5.74) is 2.46. The fourth-order valence-corrected chi connectivity index (χ4v) is 2.84. The smallest absolute Gasteiger partial charge is 0.208 e. The standard InChI is InChI=1S/C11H17NO2S2/c1-9-4-5-10(2)11(8-9)15-7-6-12-16(3,13)14/h4-5,8,12H,6-7H2,1-3H3. The quantitative estimate of drug-likeness (QED) is 0.649. The molecule has 1 N–H and O–H groups in total. The van der Waals surface area contributed by atoms with Crippen molar-refractivity contribution < 1.29 is 8.42 Å². The second-order valence-electron chi connectivity index (χ2n) is 3.78. The molecule has 3 nitrogen and oxygen atoms in total. The van der Waals surface area contributed by atoms with E-state index in [2.05, 4.69) is 36.8 Å². The Morgan fingerprint density at radius 2 is 2.00 bits per heavy atom. The molecule has 0 amide bonds. The van der Waals surface area contributed by atoms with Gasteiger partial charge in [-0.15, -0.1) is 11.8 Å². The Morgan fingerprint density at radius 3 is 2.62 bits per heavy atom. The second kappa shape index (κ2) is 5.70. The molecule has 0 aliphatic rings. The van der Waals surface area contributed by atoms with Gasteiger partial charge in [0.15, 0.2) is 0 Å². The van der Waals surface area contributed by atoms with Gasteiger partial charge < -0.3 is 0 Å². The summed E-state index contributed by atoms with van der Waals surface area (Å²) < 4.78 is 24.2. The first kappa shape index (κ1) is 13.5. The Hall–Kier alpha value is -0.520. The predicted molar refractivity (Wildman–Crippen MR) is 69.5 cm³/mol. The van der Waals surface area contributed by atoms with Gasteiger partial charge in [-0.3, -0.25) is 0 Å². The van der Waals surface area contributed by atoms with Gasteiger partial charge in [-0.05, 0) is 25.5 Å². The van der Waals surface area contributed by atoms with Crippen molar-refractivity contribution in [3.8, 4) is 0 Å². The number of rotatable bonds is 5. The lowest BCUT2D eigenvalue weighted by atomic mass is 10.2. The number of sulfonamides is 1.